The molecule has 2 N–H and O–H groups in total. The van der Waals surface area contributed by atoms with E-state index in [9.17, 15) is 31.9 Å². The first-order valence-electron chi connectivity index (χ1n) is 10.8. The number of aromatic nitrogens is 5. The van der Waals surface area contributed by atoms with E-state index < -0.39 is 48.0 Å². The second-order valence-corrected chi connectivity index (χ2v) is 8.15. The third-order valence-corrected chi connectivity index (χ3v) is 5.49. The zero-order valence-electron chi connectivity index (χ0n) is 19.1. The van der Waals surface area contributed by atoms with Crippen LogP contribution < -0.4 is 5.32 Å². The third kappa shape index (κ3) is 5.90. The van der Waals surface area contributed by atoms with E-state index in [1.165, 1.54) is 35.2 Å². The highest BCUT2D eigenvalue weighted by atomic mass is 19.4. The van der Waals surface area contributed by atoms with E-state index in [1.807, 2.05) is 0 Å². The molecule has 2 atom stereocenters. The van der Waals surface area contributed by atoms with Gasteiger partial charge < -0.3 is 14.9 Å². The van der Waals surface area contributed by atoms with Gasteiger partial charge in [-0.05, 0) is 18.6 Å². The number of hydrogen-bond donors (Lipinski definition) is 2. The number of nitrogens with one attached hydrogen (secondary N) is 1. The Kier molecular flexibility index (Phi) is 7.18. The fourth-order valence-corrected chi connectivity index (χ4v) is 3.45. The molecule has 14 heteroatoms. The van der Waals surface area contributed by atoms with E-state index in [-0.39, 0.29) is 18.1 Å². The van der Waals surface area contributed by atoms with Gasteiger partial charge in [0.15, 0.2) is 17.5 Å². The van der Waals surface area contributed by atoms with Gasteiger partial charge >= 0.3 is 12.1 Å². The Labute approximate surface area is 206 Å². The van der Waals surface area contributed by atoms with Crippen LogP contribution in [0.3, 0.4) is 0 Å². The van der Waals surface area contributed by atoms with Crippen molar-refractivity contribution in [2.75, 3.05) is 5.32 Å². The fourth-order valence-electron chi connectivity index (χ4n) is 3.45. The standard InChI is InChI=1S/C23H19F5N6O3/c1-12(23(26,27)28)8-18(22(35)36)30-20-15(25)10-29-21(31-20)17-9-19(16-6-7-37-33-16)34(32-17)11-13-4-2-3-5-14(13)24/h2-7,9-10,12,18H,8,11H2,1H3,(H,35,36)(H,29,30,31)/t12-,18-/m1/s1. The van der Waals surface area contributed by atoms with E-state index in [2.05, 4.69) is 25.5 Å². The first kappa shape index (κ1) is 25.7. The molecular formula is C23H19F5N6O3. The number of carboxylic acids is 1. The van der Waals surface area contributed by atoms with Crippen LogP contribution in [0, 0.1) is 17.6 Å². The number of carbonyl (C=O) groups is 1. The Bertz CT molecular complexity index is 1390. The Balaban J connectivity index is 1.68. The van der Waals surface area contributed by atoms with Gasteiger partial charge in [0, 0.05) is 11.6 Å². The molecule has 3 aromatic heterocycles. The molecule has 0 amide bonds. The van der Waals surface area contributed by atoms with Gasteiger partial charge in [0.05, 0.1) is 24.4 Å². The highest BCUT2D eigenvalue weighted by Gasteiger charge is 2.39. The van der Waals surface area contributed by atoms with Crippen molar-refractivity contribution in [1.82, 2.24) is 24.9 Å². The summed E-state index contributed by atoms with van der Waals surface area (Å²) in [6, 6.07) is 7.28. The van der Waals surface area contributed by atoms with Gasteiger partial charge in [0.1, 0.15) is 29.5 Å². The van der Waals surface area contributed by atoms with Crippen molar-refractivity contribution in [3.05, 3.63) is 66.1 Å². The fraction of sp³-hybridized carbons (Fsp3) is 0.261. The van der Waals surface area contributed by atoms with Crippen LogP contribution in [0.2, 0.25) is 0 Å². The maximum Gasteiger partial charge on any atom is 0.391 e. The number of halogens is 5. The molecule has 4 rings (SSSR count). The topological polar surface area (TPSA) is 119 Å². The minimum Gasteiger partial charge on any atom is -0.480 e. The Morgan fingerprint density at radius 3 is 2.57 bits per heavy atom. The van der Waals surface area contributed by atoms with Crippen molar-refractivity contribution in [2.45, 2.75) is 32.1 Å². The average molecular weight is 522 g/mol. The Morgan fingerprint density at radius 1 is 1.16 bits per heavy atom. The number of nitrogens with zero attached hydrogens (tertiary/aromatic N) is 5. The number of carboxylic acid groups (broad SMARTS) is 1. The molecule has 0 spiro atoms. The van der Waals surface area contributed by atoms with Crippen LogP contribution in [0.4, 0.5) is 27.8 Å². The van der Waals surface area contributed by atoms with Crippen LogP contribution in [-0.2, 0) is 11.3 Å². The lowest BCUT2D eigenvalue weighted by Gasteiger charge is -2.21. The summed E-state index contributed by atoms with van der Waals surface area (Å²) in [7, 11) is 0. The quantitative estimate of drug-likeness (QED) is 0.302. The Hall–Kier alpha value is -4.36. The van der Waals surface area contributed by atoms with Gasteiger partial charge in [-0.2, -0.15) is 18.3 Å². The molecule has 0 aliphatic carbocycles. The van der Waals surface area contributed by atoms with Gasteiger partial charge in [-0.1, -0.05) is 30.3 Å². The third-order valence-electron chi connectivity index (χ3n) is 5.49. The summed E-state index contributed by atoms with van der Waals surface area (Å²) in [6.45, 7) is 0.810. The lowest BCUT2D eigenvalue weighted by atomic mass is 10.0. The highest BCUT2D eigenvalue weighted by Crippen LogP contribution is 2.31. The first-order chi connectivity index (χ1) is 17.5. The molecule has 0 radical (unpaired) electrons. The molecular weight excluding hydrogens is 503 g/mol. The molecule has 0 aliphatic heterocycles. The second kappa shape index (κ2) is 10.3. The number of anilines is 1. The maximum absolute atomic E-state index is 14.4. The largest absolute Gasteiger partial charge is 0.480 e. The molecule has 0 aliphatic rings. The molecule has 0 saturated carbocycles. The summed E-state index contributed by atoms with van der Waals surface area (Å²) in [6.07, 6.45) is -3.43. The van der Waals surface area contributed by atoms with Crippen molar-refractivity contribution in [3.8, 4) is 22.9 Å². The first-order valence-corrected chi connectivity index (χ1v) is 10.8. The van der Waals surface area contributed by atoms with Gasteiger partial charge in [0.2, 0.25) is 0 Å². The smallest absolute Gasteiger partial charge is 0.391 e. The summed E-state index contributed by atoms with van der Waals surface area (Å²) in [5, 5.41) is 19.8. The van der Waals surface area contributed by atoms with Gasteiger partial charge in [-0.3, -0.25) is 4.68 Å². The predicted molar refractivity (Wildman–Crippen MR) is 119 cm³/mol. The van der Waals surface area contributed by atoms with Gasteiger partial charge in [-0.15, -0.1) is 0 Å². The minimum atomic E-state index is -4.63. The molecule has 194 valence electrons. The highest BCUT2D eigenvalue weighted by molar-refractivity contribution is 5.77. The molecule has 1 aromatic carbocycles. The summed E-state index contributed by atoms with van der Waals surface area (Å²) in [5.74, 6) is -5.89. The molecule has 0 unspecified atom stereocenters. The monoisotopic (exact) mass is 522 g/mol. The molecule has 3 heterocycles. The SMILES string of the molecule is C[C@H](C[C@@H](Nc1nc(-c2cc(-c3ccon3)n(Cc3ccccc3F)n2)ncc1F)C(=O)O)C(F)(F)F. The zero-order valence-corrected chi connectivity index (χ0v) is 19.1. The Morgan fingerprint density at radius 2 is 1.92 bits per heavy atom. The molecule has 37 heavy (non-hydrogen) atoms. The number of alkyl halides is 3. The van der Waals surface area contributed by atoms with Crippen molar-refractivity contribution in [3.63, 3.8) is 0 Å². The van der Waals surface area contributed by atoms with Crippen molar-refractivity contribution in [1.29, 1.82) is 0 Å². The molecule has 0 bridgehead atoms. The maximum atomic E-state index is 14.4. The molecule has 4 aromatic rings. The number of rotatable bonds is 9. The van der Waals surface area contributed by atoms with Crippen molar-refractivity contribution < 1.29 is 36.4 Å². The molecule has 0 fully saturated rings. The zero-order chi connectivity index (χ0) is 26.7. The number of aliphatic carboxylic acids is 1. The van der Waals surface area contributed by atoms with E-state index in [1.54, 1.807) is 12.1 Å². The summed E-state index contributed by atoms with van der Waals surface area (Å²) < 4.78 is 73.8. The van der Waals surface area contributed by atoms with E-state index in [0.29, 0.717) is 17.0 Å². The normalized spacial score (nSPS) is 13.4. The van der Waals surface area contributed by atoms with E-state index in [0.717, 1.165) is 13.1 Å². The van der Waals surface area contributed by atoms with Crippen LogP contribution in [0.15, 0.2) is 53.4 Å². The predicted octanol–water partition coefficient (Wildman–Crippen LogP) is 4.78. The lowest BCUT2D eigenvalue weighted by Crippen LogP contribution is -2.35. The molecule has 9 nitrogen and oxygen atoms in total. The number of benzene rings is 1. The summed E-state index contributed by atoms with van der Waals surface area (Å²) in [4.78, 5) is 19.4. The second-order valence-electron chi connectivity index (χ2n) is 8.15. The van der Waals surface area contributed by atoms with Gasteiger partial charge in [0.25, 0.3) is 0 Å². The van der Waals surface area contributed by atoms with Crippen molar-refractivity contribution >= 4 is 11.8 Å². The average Bonchev–Trinajstić information content (AvgIpc) is 3.51. The van der Waals surface area contributed by atoms with Gasteiger partial charge in [-0.25, -0.2) is 23.5 Å². The van der Waals surface area contributed by atoms with Crippen molar-refractivity contribution in [2.24, 2.45) is 5.92 Å². The van der Waals surface area contributed by atoms with E-state index in [4.69, 9.17) is 4.52 Å². The van der Waals surface area contributed by atoms with Crippen LogP contribution in [0.1, 0.15) is 18.9 Å². The van der Waals surface area contributed by atoms with Crippen LogP contribution >= 0.6 is 0 Å². The molecule has 0 saturated heterocycles. The summed E-state index contributed by atoms with van der Waals surface area (Å²) in [5.41, 5.74) is 1.14. The van der Waals surface area contributed by atoms with Crippen LogP contribution in [-0.4, -0.2) is 48.2 Å². The van der Waals surface area contributed by atoms with Crippen LogP contribution in [0.5, 0.6) is 0 Å². The van der Waals surface area contributed by atoms with E-state index >= 15 is 0 Å². The van der Waals surface area contributed by atoms with Crippen LogP contribution in [0.25, 0.3) is 22.9 Å². The minimum absolute atomic E-state index is 0.0163. The lowest BCUT2D eigenvalue weighted by molar-refractivity contribution is -0.173. The number of hydrogen-bond acceptors (Lipinski definition) is 7. The summed E-state index contributed by atoms with van der Waals surface area (Å²) >= 11 is 0.